The molecule has 0 spiro atoms. The zero-order valence-corrected chi connectivity index (χ0v) is 7.16. The molecule has 70 valence electrons. The molecule has 0 radical (unpaired) electrons. The van der Waals surface area contributed by atoms with Crippen LogP contribution in [0.3, 0.4) is 0 Å². The largest absolute Gasteiger partial charge is 0.472 e. The Labute approximate surface area is 75.9 Å². The molecule has 1 unspecified atom stereocenters. The lowest BCUT2D eigenvalue weighted by molar-refractivity contribution is 0.0607. The lowest BCUT2D eigenvalue weighted by Crippen LogP contribution is -2.46. The number of hydrogen-bond donors (Lipinski definition) is 1. The van der Waals surface area contributed by atoms with Crippen LogP contribution < -0.4 is 5.32 Å². The summed E-state index contributed by atoms with van der Waals surface area (Å²) in [6, 6.07) is 1.45. The van der Waals surface area contributed by atoms with E-state index in [2.05, 4.69) is 5.32 Å². The zero-order chi connectivity index (χ0) is 9.10. The van der Waals surface area contributed by atoms with Gasteiger partial charge in [-0.25, -0.2) is 0 Å². The molecule has 1 N–H and O–H groups in total. The van der Waals surface area contributed by atoms with Crippen molar-refractivity contribution >= 4 is 5.78 Å². The molecule has 1 fully saturated rings. The fraction of sp³-hybridized carbons (Fsp3) is 0.444. The Kier molecular flexibility index (Phi) is 2.42. The molecule has 4 nitrogen and oxygen atoms in total. The highest BCUT2D eigenvalue weighted by Gasteiger charge is 2.22. The van der Waals surface area contributed by atoms with Crippen molar-refractivity contribution in [2.75, 3.05) is 19.8 Å². The highest BCUT2D eigenvalue weighted by Crippen LogP contribution is 2.06. The van der Waals surface area contributed by atoms with Crippen molar-refractivity contribution in [1.29, 1.82) is 0 Å². The molecule has 13 heavy (non-hydrogen) atoms. The van der Waals surface area contributed by atoms with E-state index in [4.69, 9.17) is 9.15 Å². The SMILES string of the molecule is O=C(c1ccoc1)C1COCCN1. The molecule has 1 saturated heterocycles. The first-order chi connectivity index (χ1) is 6.38. The lowest BCUT2D eigenvalue weighted by Gasteiger charge is -2.21. The van der Waals surface area contributed by atoms with Gasteiger partial charge >= 0.3 is 0 Å². The molecule has 2 heterocycles. The molecule has 1 aromatic rings. The summed E-state index contributed by atoms with van der Waals surface area (Å²) in [4.78, 5) is 11.7. The van der Waals surface area contributed by atoms with E-state index < -0.39 is 0 Å². The van der Waals surface area contributed by atoms with Crippen molar-refractivity contribution in [2.24, 2.45) is 0 Å². The number of ketones is 1. The first-order valence-electron chi connectivity index (χ1n) is 4.25. The molecule has 1 aliphatic heterocycles. The number of hydrogen-bond acceptors (Lipinski definition) is 4. The molecule has 2 rings (SSSR count). The van der Waals surface area contributed by atoms with Crippen molar-refractivity contribution < 1.29 is 13.9 Å². The van der Waals surface area contributed by atoms with Gasteiger partial charge in [0.25, 0.3) is 0 Å². The van der Waals surface area contributed by atoms with Crippen LogP contribution in [0.1, 0.15) is 10.4 Å². The van der Waals surface area contributed by atoms with E-state index in [-0.39, 0.29) is 11.8 Å². The summed E-state index contributed by atoms with van der Waals surface area (Å²) < 4.78 is 10.0. The third kappa shape index (κ3) is 1.79. The third-order valence-electron chi connectivity index (χ3n) is 2.04. The topological polar surface area (TPSA) is 51.5 Å². The highest BCUT2D eigenvalue weighted by molar-refractivity contribution is 5.99. The third-order valence-corrected chi connectivity index (χ3v) is 2.04. The van der Waals surface area contributed by atoms with Gasteiger partial charge in [-0.15, -0.1) is 0 Å². The van der Waals surface area contributed by atoms with Crippen LogP contribution in [-0.2, 0) is 4.74 Å². The molecule has 0 aromatic carbocycles. The maximum absolute atomic E-state index is 11.7. The number of ether oxygens (including phenoxy) is 1. The molecule has 1 aromatic heterocycles. The van der Waals surface area contributed by atoms with E-state index in [1.165, 1.54) is 12.5 Å². The summed E-state index contributed by atoms with van der Waals surface area (Å²) in [5.41, 5.74) is 0.600. The molecule has 1 aliphatic rings. The van der Waals surface area contributed by atoms with Crippen LogP contribution in [0.25, 0.3) is 0 Å². The Morgan fingerprint density at radius 3 is 3.15 bits per heavy atom. The zero-order valence-electron chi connectivity index (χ0n) is 7.16. The van der Waals surface area contributed by atoms with E-state index in [0.29, 0.717) is 18.8 Å². The van der Waals surface area contributed by atoms with Gasteiger partial charge in [0.2, 0.25) is 0 Å². The van der Waals surface area contributed by atoms with Crippen molar-refractivity contribution in [3.8, 4) is 0 Å². The average Bonchev–Trinajstić information content (AvgIpc) is 2.71. The minimum absolute atomic E-state index is 0.0356. The van der Waals surface area contributed by atoms with Crippen LogP contribution in [0, 0.1) is 0 Å². The number of carbonyl (C=O) groups is 1. The first kappa shape index (κ1) is 8.47. The second-order valence-corrected chi connectivity index (χ2v) is 2.96. The van der Waals surface area contributed by atoms with Gasteiger partial charge in [0.1, 0.15) is 6.26 Å². The van der Waals surface area contributed by atoms with Gasteiger partial charge in [-0.2, -0.15) is 0 Å². The summed E-state index contributed by atoms with van der Waals surface area (Å²) in [7, 11) is 0. The predicted molar refractivity (Wildman–Crippen MR) is 45.6 cm³/mol. The van der Waals surface area contributed by atoms with Crippen LogP contribution in [0.2, 0.25) is 0 Å². The molecular formula is C9H11NO3. The van der Waals surface area contributed by atoms with Crippen LogP contribution in [0.4, 0.5) is 0 Å². The minimum Gasteiger partial charge on any atom is -0.472 e. The van der Waals surface area contributed by atoms with Gasteiger partial charge in [-0.3, -0.25) is 4.79 Å². The summed E-state index contributed by atoms with van der Waals surface area (Å²) in [5.74, 6) is 0.0356. The highest BCUT2D eigenvalue weighted by atomic mass is 16.5. The van der Waals surface area contributed by atoms with E-state index in [1.807, 2.05) is 0 Å². The second kappa shape index (κ2) is 3.72. The average molecular weight is 181 g/mol. The van der Waals surface area contributed by atoms with Crippen LogP contribution in [-0.4, -0.2) is 31.6 Å². The number of morpholine rings is 1. The molecule has 0 saturated carbocycles. The Hall–Kier alpha value is -1.13. The van der Waals surface area contributed by atoms with Gasteiger partial charge in [0.05, 0.1) is 31.1 Å². The molecule has 0 amide bonds. The summed E-state index contributed by atoms with van der Waals surface area (Å²) in [5, 5.41) is 3.09. The van der Waals surface area contributed by atoms with E-state index >= 15 is 0 Å². The van der Waals surface area contributed by atoms with Gasteiger partial charge in [-0.05, 0) is 6.07 Å². The van der Waals surface area contributed by atoms with Gasteiger partial charge in [0, 0.05) is 6.54 Å². The van der Waals surface area contributed by atoms with Gasteiger partial charge in [-0.1, -0.05) is 0 Å². The van der Waals surface area contributed by atoms with E-state index in [0.717, 1.165) is 6.54 Å². The van der Waals surface area contributed by atoms with Crippen LogP contribution >= 0.6 is 0 Å². The lowest BCUT2D eigenvalue weighted by atomic mass is 10.1. The molecule has 1 atom stereocenters. The Balaban J connectivity index is 2.04. The van der Waals surface area contributed by atoms with Crippen LogP contribution in [0.15, 0.2) is 23.0 Å². The smallest absolute Gasteiger partial charge is 0.185 e. The Morgan fingerprint density at radius 1 is 1.62 bits per heavy atom. The standard InChI is InChI=1S/C9H11NO3/c11-9(7-1-3-12-5-7)8-6-13-4-2-10-8/h1,3,5,8,10H,2,4,6H2. The number of furan rings is 1. The van der Waals surface area contributed by atoms with Crippen LogP contribution in [0.5, 0.6) is 0 Å². The number of carbonyl (C=O) groups excluding carboxylic acids is 1. The fourth-order valence-corrected chi connectivity index (χ4v) is 1.34. The number of rotatable bonds is 2. The monoisotopic (exact) mass is 181 g/mol. The number of Topliss-reactive ketones (excluding diaryl/α,β-unsaturated/α-hetero) is 1. The Morgan fingerprint density at radius 2 is 2.54 bits per heavy atom. The van der Waals surface area contributed by atoms with Gasteiger partial charge < -0.3 is 14.5 Å². The summed E-state index contributed by atoms with van der Waals surface area (Å²) >= 11 is 0. The Bertz CT molecular complexity index is 275. The molecule has 0 aliphatic carbocycles. The molecular weight excluding hydrogens is 170 g/mol. The minimum atomic E-state index is -0.216. The van der Waals surface area contributed by atoms with Gasteiger partial charge in [0.15, 0.2) is 5.78 Å². The normalized spacial score (nSPS) is 22.9. The quantitative estimate of drug-likeness (QED) is 0.673. The first-order valence-corrected chi connectivity index (χ1v) is 4.25. The van der Waals surface area contributed by atoms with E-state index in [1.54, 1.807) is 6.07 Å². The summed E-state index contributed by atoms with van der Waals surface area (Å²) in [6.45, 7) is 1.85. The predicted octanol–water partition coefficient (Wildman–Crippen LogP) is 0.451. The maximum Gasteiger partial charge on any atom is 0.185 e. The van der Waals surface area contributed by atoms with E-state index in [9.17, 15) is 4.79 Å². The maximum atomic E-state index is 11.7. The van der Waals surface area contributed by atoms with Crippen molar-refractivity contribution in [2.45, 2.75) is 6.04 Å². The molecule has 0 bridgehead atoms. The fourth-order valence-electron chi connectivity index (χ4n) is 1.34. The van der Waals surface area contributed by atoms with Crippen molar-refractivity contribution in [1.82, 2.24) is 5.32 Å². The molecule has 4 heteroatoms. The van der Waals surface area contributed by atoms with Crippen molar-refractivity contribution in [3.05, 3.63) is 24.2 Å². The second-order valence-electron chi connectivity index (χ2n) is 2.96. The summed E-state index contributed by atoms with van der Waals surface area (Å²) in [6.07, 6.45) is 2.95. The van der Waals surface area contributed by atoms with Crippen molar-refractivity contribution in [3.63, 3.8) is 0 Å². The number of nitrogens with one attached hydrogen (secondary N) is 1.